The topological polar surface area (TPSA) is 35.8 Å². The van der Waals surface area contributed by atoms with Crippen LogP contribution in [0.1, 0.15) is 36.8 Å². The van der Waals surface area contributed by atoms with Gasteiger partial charge in [0.25, 0.3) is 0 Å². The smallest absolute Gasteiger partial charge is 0.101 e. The van der Waals surface area contributed by atoms with Gasteiger partial charge in [-0.25, -0.2) is 0 Å². The number of rotatable bonds is 3. The Bertz CT molecular complexity index is 486. The van der Waals surface area contributed by atoms with Crippen molar-refractivity contribution >= 4 is 5.69 Å². The molecule has 2 fully saturated rings. The second-order valence-electron chi connectivity index (χ2n) is 5.98. The zero-order valence-corrected chi connectivity index (χ0v) is 10.9. The molecule has 2 saturated carbocycles. The first kappa shape index (κ1) is 11.6. The maximum absolute atomic E-state index is 9.15. The Labute approximate surface area is 109 Å². The summed E-state index contributed by atoms with van der Waals surface area (Å²) in [6.07, 6.45) is 5.72. The average Bonchev–Trinajstić information content (AvgIpc) is 2.99. The van der Waals surface area contributed by atoms with Crippen molar-refractivity contribution in [3.63, 3.8) is 0 Å². The van der Waals surface area contributed by atoms with Crippen LogP contribution in [-0.4, -0.2) is 6.54 Å². The highest BCUT2D eigenvalue weighted by molar-refractivity contribution is 5.58. The largest absolute Gasteiger partial charge is 0.384 e. The molecule has 2 aliphatic carbocycles. The fourth-order valence-corrected chi connectivity index (χ4v) is 3.77. The van der Waals surface area contributed by atoms with Crippen molar-refractivity contribution in [1.29, 1.82) is 5.26 Å². The first-order chi connectivity index (χ1) is 8.76. The predicted octanol–water partition coefficient (Wildman–Crippen LogP) is 3.71. The number of nitrogens with zero attached hydrogens (tertiary/aromatic N) is 1. The molecule has 2 nitrogen and oxygen atoms in total. The van der Waals surface area contributed by atoms with E-state index < -0.39 is 0 Å². The minimum Gasteiger partial charge on any atom is -0.384 e. The van der Waals surface area contributed by atoms with E-state index in [0.29, 0.717) is 0 Å². The minimum absolute atomic E-state index is 0.776. The normalized spacial score (nSPS) is 29.2. The molecule has 18 heavy (non-hydrogen) atoms. The van der Waals surface area contributed by atoms with Gasteiger partial charge in [-0.15, -0.1) is 0 Å². The molecule has 3 unspecified atom stereocenters. The van der Waals surface area contributed by atoms with Crippen LogP contribution in [0, 0.1) is 36.0 Å². The molecule has 0 aliphatic heterocycles. The van der Waals surface area contributed by atoms with Crippen LogP contribution in [0.4, 0.5) is 5.69 Å². The third-order valence-corrected chi connectivity index (χ3v) is 4.73. The number of nitrogens with one attached hydrogen (secondary N) is 1. The van der Waals surface area contributed by atoms with Crippen LogP contribution in [0.25, 0.3) is 0 Å². The lowest BCUT2D eigenvalue weighted by Crippen LogP contribution is -2.20. The summed E-state index contributed by atoms with van der Waals surface area (Å²) in [4.78, 5) is 0. The van der Waals surface area contributed by atoms with Crippen LogP contribution < -0.4 is 5.32 Å². The van der Waals surface area contributed by atoms with Crippen molar-refractivity contribution in [2.45, 2.75) is 32.6 Å². The number of anilines is 1. The average molecular weight is 240 g/mol. The fraction of sp³-hybridized carbons (Fsp3) is 0.562. The van der Waals surface area contributed by atoms with Crippen molar-refractivity contribution in [2.24, 2.45) is 17.8 Å². The number of nitriles is 1. The number of hydrogen-bond acceptors (Lipinski definition) is 2. The lowest BCUT2D eigenvalue weighted by atomic mass is 9.89. The zero-order valence-electron chi connectivity index (χ0n) is 10.9. The molecule has 2 aliphatic rings. The molecule has 1 aromatic rings. The molecule has 0 heterocycles. The molecule has 0 aromatic heterocycles. The lowest BCUT2D eigenvalue weighted by molar-refractivity contribution is 0.348. The lowest BCUT2D eigenvalue weighted by Gasteiger charge is -2.22. The van der Waals surface area contributed by atoms with Crippen molar-refractivity contribution in [3.8, 4) is 6.07 Å². The number of benzene rings is 1. The Morgan fingerprint density at radius 3 is 2.89 bits per heavy atom. The van der Waals surface area contributed by atoms with Crippen molar-refractivity contribution in [1.82, 2.24) is 0 Å². The maximum Gasteiger partial charge on any atom is 0.101 e. The highest BCUT2D eigenvalue weighted by Crippen LogP contribution is 2.48. The standard InChI is InChI=1S/C16H20N2/c1-11-2-5-16(14(6-11)9-17)18-10-15-8-12-3-4-13(15)7-12/h2,5-6,12-13,15,18H,3-4,7-8,10H2,1H3. The Balaban J connectivity index is 1.65. The summed E-state index contributed by atoms with van der Waals surface area (Å²) in [5, 5.41) is 12.6. The van der Waals surface area contributed by atoms with Gasteiger partial charge < -0.3 is 5.32 Å². The highest BCUT2D eigenvalue weighted by Gasteiger charge is 2.39. The second kappa shape index (κ2) is 4.65. The molecular weight excluding hydrogens is 220 g/mol. The van der Waals surface area contributed by atoms with Crippen LogP contribution in [0.3, 0.4) is 0 Å². The van der Waals surface area contributed by atoms with Gasteiger partial charge in [0.2, 0.25) is 0 Å². The number of aryl methyl sites for hydroxylation is 1. The minimum atomic E-state index is 0.776. The van der Waals surface area contributed by atoms with Gasteiger partial charge in [0, 0.05) is 6.54 Å². The molecule has 1 N–H and O–H groups in total. The molecule has 2 heteroatoms. The highest BCUT2D eigenvalue weighted by atomic mass is 14.9. The molecule has 0 amide bonds. The summed E-state index contributed by atoms with van der Waals surface area (Å²) in [5.41, 5.74) is 2.93. The van der Waals surface area contributed by atoms with E-state index in [1.807, 2.05) is 19.1 Å². The summed E-state index contributed by atoms with van der Waals surface area (Å²) in [6.45, 7) is 3.07. The zero-order chi connectivity index (χ0) is 12.5. The summed E-state index contributed by atoms with van der Waals surface area (Å²) in [6, 6.07) is 8.36. The van der Waals surface area contributed by atoms with Gasteiger partial charge in [-0.1, -0.05) is 12.5 Å². The fourth-order valence-electron chi connectivity index (χ4n) is 3.77. The van der Waals surface area contributed by atoms with Gasteiger partial charge in [-0.3, -0.25) is 0 Å². The Morgan fingerprint density at radius 2 is 2.22 bits per heavy atom. The third kappa shape index (κ3) is 2.10. The molecule has 0 saturated heterocycles. The van der Waals surface area contributed by atoms with Gasteiger partial charge in [-0.05, 0) is 61.6 Å². The molecular formula is C16H20N2. The van der Waals surface area contributed by atoms with E-state index in [1.165, 1.54) is 25.7 Å². The van der Waals surface area contributed by atoms with Crippen LogP contribution in [-0.2, 0) is 0 Å². The van der Waals surface area contributed by atoms with Crippen LogP contribution in [0.5, 0.6) is 0 Å². The van der Waals surface area contributed by atoms with E-state index >= 15 is 0 Å². The molecule has 2 bridgehead atoms. The van der Waals surface area contributed by atoms with Gasteiger partial charge in [-0.2, -0.15) is 5.26 Å². The molecule has 3 rings (SSSR count). The molecule has 3 atom stereocenters. The molecule has 1 aromatic carbocycles. The van der Waals surface area contributed by atoms with E-state index in [-0.39, 0.29) is 0 Å². The first-order valence-corrected chi connectivity index (χ1v) is 7.01. The van der Waals surface area contributed by atoms with Gasteiger partial charge >= 0.3 is 0 Å². The van der Waals surface area contributed by atoms with E-state index in [0.717, 1.165) is 41.1 Å². The van der Waals surface area contributed by atoms with Crippen LogP contribution in [0.15, 0.2) is 18.2 Å². The second-order valence-corrected chi connectivity index (χ2v) is 5.98. The van der Waals surface area contributed by atoms with E-state index in [9.17, 15) is 0 Å². The maximum atomic E-state index is 9.15. The Kier molecular flexibility index (Phi) is 2.99. The van der Waals surface area contributed by atoms with E-state index in [1.54, 1.807) is 0 Å². The quantitative estimate of drug-likeness (QED) is 0.874. The van der Waals surface area contributed by atoms with Crippen molar-refractivity contribution in [3.05, 3.63) is 29.3 Å². The summed E-state index contributed by atoms with van der Waals surface area (Å²) in [7, 11) is 0. The SMILES string of the molecule is Cc1ccc(NCC2CC3CCC2C3)c(C#N)c1. The number of fused-ring (bicyclic) bond motifs is 2. The van der Waals surface area contributed by atoms with Gasteiger partial charge in [0.1, 0.15) is 6.07 Å². The van der Waals surface area contributed by atoms with Crippen LogP contribution >= 0.6 is 0 Å². The van der Waals surface area contributed by atoms with Crippen LogP contribution in [0.2, 0.25) is 0 Å². The molecule has 0 radical (unpaired) electrons. The molecule has 0 spiro atoms. The van der Waals surface area contributed by atoms with Gasteiger partial charge in [0.05, 0.1) is 11.3 Å². The summed E-state index contributed by atoms with van der Waals surface area (Å²) < 4.78 is 0. The first-order valence-electron chi connectivity index (χ1n) is 7.01. The van der Waals surface area contributed by atoms with Gasteiger partial charge in [0.15, 0.2) is 0 Å². The predicted molar refractivity (Wildman–Crippen MR) is 73.3 cm³/mol. The monoisotopic (exact) mass is 240 g/mol. The van der Waals surface area contributed by atoms with E-state index in [2.05, 4.69) is 17.5 Å². The molecule has 94 valence electrons. The third-order valence-electron chi connectivity index (χ3n) is 4.73. The number of hydrogen-bond donors (Lipinski definition) is 1. The summed E-state index contributed by atoms with van der Waals surface area (Å²) in [5.74, 6) is 2.77. The Hall–Kier alpha value is -1.49. The summed E-state index contributed by atoms with van der Waals surface area (Å²) >= 11 is 0. The Morgan fingerprint density at radius 1 is 1.33 bits per heavy atom. The van der Waals surface area contributed by atoms with Crippen molar-refractivity contribution in [2.75, 3.05) is 11.9 Å². The van der Waals surface area contributed by atoms with Crippen molar-refractivity contribution < 1.29 is 0 Å². The van der Waals surface area contributed by atoms with E-state index in [4.69, 9.17) is 5.26 Å².